The summed E-state index contributed by atoms with van der Waals surface area (Å²) < 4.78 is 15.1. The minimum Gasteiger partial charge on any atom is -0.343 e. The smallest absolute Gasteiger partial charge is 0.253 e. The predicted molar refractivity (Wildman–Crippen MR) is 90.4 cm³/mol. The zero-order valence-corrected chi connectivity index (χ0v) is 13.6. The molecule has 1 fully saturated rings. The summed E-state index contributed by atoms with van der Waals surface area (Å²) >= 11 is 0. The maximum absolute atomic E-state index is 13.1. The van der Waals surface area contributed by atoms with Crippen molar-refractivity contribution in [2.24, 2.45) is 0 Å². The van der Waals surface area contributed by atoms with Gasteiger partial charge in [0.2, 0.25) is 0 Å². The Morgan fingerprint density at radius 3 is 2.84 bits per heavy atom. The van der Waals surface area contributed by atoms with Gasteiger partial charge in [0.05, 0.1) is 12.4 Å². The number of hydrogen-bond donors (Lipinski definition) is 1. The number of likely N-dealkylation sites (tertiary alicyclic amines) is 1. The number of imidazole rings is 2. The normalized spacial score (nSPS) is 17.6. The maximum atomic E-state index is 13.1. The zero-order valence-electron chi connectivity index (χ0n) is 13.6. The molecule has 1 unspecified atom stereocenters. The minimum atomic E-state index is -0.336. The summed E-state index contributed by atoms with van der Waals surface area (Å²) in [5.74, 6) is 0.335. The Bertz CT molecular complexity index is 856. The molecular weight excluding hydrogens is 321 g/mol. The first-order valence-corrected chi connectivity index (χ1v) is 8.29. The average Bonchev–Trinajstić information content (AvgIpc) is 3.33. The topological polar surface area (TPSA) is 66.8 Å². The van der Waals surface area contributed by atoms with Gasteiger partial charge in [0.25, 0.3) is 5.91 Å². The summed E-state index contributed by atoms with van der Waals surface area (Å²) in [6, 6.07) is 5.89. The molecule has 3 heterocycles. The molecule has 0 bridgehead atoms. The van der Waals surface area contributed by atoms with Crippen molar-refractivity contribution in [2.75, 3.05) is 13.1 Å². The van der Waals surface area contributed by atoms with Gasteiger partial charge in [-0.2, -0.15) is 0 Å². The SMILES string of the molecule is O=C(c1ccc(F)cc1)N1CCCC(n2cnc(-c3ncc[nH]3)c2)C1. The second-order valence-electron chi connectivity index (χ2n) is 6.20. The standard InChI is InChI=1S/C18H18FN5O/c19-14-5-3-13(4-6-14)18(25)23-9-1-2-15(10-23)24-11-16(22-12-24)17-20-7-8-21-17/h3-8,11-12,15H,1-2,9-10H2,(H,20,21). The third kappa shape index (κ3) is 3.17. The molecule has 0 spiro atoms. The molecule has 1 aliphatic rings. The van der Waals surface area contributed by atoms with Crippen LogP contribution in [-0.2, 0) is 0 Å². The molecule has 1 saturated heterocycles. The van der Waals surface area contributed by atoms with E-state index in [1.807, 2.05) is 15.7 Å². The highest BCUT2D eigenvalue weighted by molar-refractivity contribution is 5.94. The Hall–Kier alpha value is -2.96. The number of rotatable bonds is 3. The highest BCUT2D eigenvalue weighted by Gasteiger charge is 2.25. The largest absolute Gasteiger partial charge is 0.343 e. The first-order valence-electron chi connectivity index (χ1n) is 8.29. The Balaban J connectivity index is 1.49. The quantitative estimate of drug-likeness (QED) is 0.798. The molecule has 4 rings (SSSR count). The van der Waals surface area contributed by atoms with Crippen LogP contribution in [0.5, 0.6) is 0 Å². The number of nitrogens with zero attached hydrogens (tertiary/aromatic N) is 4. The van der Waals surface area contributed by atoms with E-state index in [2.05, 4.69) is 15.0 Å². The highest BCUT2D eigenvalue weighted by Crippen LogP contribution is 2.24. The lowest BCUT2D eigenvalue weighted by atomic mass is 10.0. The van der Waals surface area contributed by atoms with Crippen molar-refractivity contribution >= 4 is 5.91 Å². The van der Waals surface area contributed by atoms with Gasteiger partial charge in [0.15, 0.2) is 5.82 Å². The van der Waals surface area contributed by atoms with E-state index in [9.17, 15) is 9.18 Å². The Morgan fingerprint density at radius 2 is 2.08 bits per heavy atom. The van der Waals surface area contributed by atoms with Crippen LogP contribution in [0.15, 0.2) is 49.2 Å². The molecule has 0 radical (unpaired) electrons. The predicted octanol–water partition coefficient (Wildman–Crippen LogP) is 2.89. The van der Waals surface area contributed by atoms with Gasteiger partial charge in [-0.25, -0.2) is 14.4 Å². The van der Waals surface area contributed by atoms with Gasteiger partial charge >= 0.3 is 0 Å². The molecule has 1 N–H and O–H groups in total. The number of nitrogens with one attached hydrogen (secondary N) is 1. The van der Waals surface area contributed by atoms with Crippen molar-refractivity contribution in [3.63, 3.8) is 0 Å². The fourth-order valence-electron chi connectivity index (χ4n) is 3.22. The van der Waals surface area contributed by atoms with Gasteiger partial charge in [0.1, 0.15) is 11.5 Å². The highest BCUT2D eigenvalue weighted by atomic mass is 19.1. The van der Waals surface area contributed by atoms with Crippen LogP contribution in [0.2, 0.25) is 0 Å². The molecule has 0 saturated carbocycles. The van der Waals surface area contributed by atoms with Gasteiger partial charge in [-0.15, -0.1) is 0 Å². The van der Waals surface area contributed by atoms with Crippen LogP contribution in [-0.4, -0.2) is 43.4 Å². The van der Waals surface area contributed by atoms with Crippen molar-refractivity contribution in [1.29, 1.82) is 0 Å². The van der Waals surface area contributed by atoms with Crippen LogP contribution in [0, 0.1) is 5.82 Å². The summed E-state index contributed by atoms with van der Waals surface area (Å²) in [6.45, 7) is 1.33. The average molecular weight is 339 g/mol. The Morgan fingerprint density at radius 1 is 1.24 bits per heavy atom. The van der Waals surface area contributed by atoms with E-state index in [1.165, 1.54) is 24.3 Å². The lowest BCUT2D eigenvalue weighted by Crippen LogP contribution is -2.40. The van der Waals surface area contributed by atoms with E-state index < -0.39 is 0 Å². The van der Waals surface area contributed by atoms with Crippen LogP contribution >= 0.6 is 0 Å². The van der Waals surface area contributed by atoms with Crippen LogP contribution < -0.4 is 0 Å². The molecule has 128 valence electrons. The molecule has 7 heteroatoms. The van der Waals surface area contributed by atoms with Gasteiger partial charge in [-0.1, -0.05) is 0 Å². The third-order valence-electron chi connectivity index (χ3n) is 4.54. The lowest BCUT2D eigenvalue weighted by Gasteiger charge is -2.33. The van der Waals surface area contributed by atoms with Crippen molar-refractivity contribution in [2.45, 2.75) is 18.9 Å². The molecule has 3 aromatic rings. The van der Waals surface area contributed by atoms with E-state index in [4.69, 9.17) is 0 Å². The summed E-state index contributed by atoms with van der Waals surface area (Å²) in [5.41, 5.74) is 1.30. The molecule has 0 aliphatic carbocycles. The molecular formula is C18H18FN5O. The molecule has 2 aromatic heterocycles. The number of carbonyl (C=O) groups excluding carboxylic acids is 1. The van der Waals surface area contributed by atoms with Crippen LogP contribution in [0.3, 0.4) is 0 Å². The lowest BCUT2D eigenvalue weighted by molar-refractivity contribution is 0.0679. The summed E-state index contributed by atoms with van der Waals surface area (Å²) in [4.78, 5) is 26.1. The van der Waals surface area contributed by atoms with E-state index in [1.54, 1.807) is 18.7 Å². The van der Waals surface area contributed by atoms with Crippen molar-refractivity contribution < 1.29 is 9.18 Å². The number of piperidine rings is 1. The van der Waals surface area contributed by atoms with Gasteiger partial charge in [-0.3, -0.25) is 4.79 Å². The van der Waals surface area contributed by atoms with Crippen molar-refractivity contribution in [3.05, 3.63) is 60.6 Å². The van der Waals surface area contributed by atoms with E-state index in [-0.39, 0.29) is 17.8 Å². The molecule has 1 atom stereocenters. The van der Waals surface area contributed by atoms with Gasteiger partial charge in [-0.05, 0) is 37.1 Å². The molecule has 25 heavy (non-hydrogen) atoms. The number of aromatic amines is 1. The van der Waals surface area contributed by atoms with Crippen molar-refractivity contribution in [1.82, 2.24) is 24.4 Å². The zero-order chi connectivity index (χ0) is 17.2. The first kappa shape index (κ1) is 15.6. The van der Waals surface area contributed by atoms with Gasteiger partial charge in [0, 0.05) is 37.2 Å². The minimum absolute atomic E-state index is 0.0592. The maximum Gasteiger partial charge on any atom is 0.253 e. The van der Waals surface area contributed by atoms with Crippen LogP contribution in [0.25, 0.3) is 11.5 Å². The number of aromatic nitrogens is 4. The second kappa shape index (κ2) is 6.51. The fourth-order valence-corrected chi connectivity index (χ4v) is 3.22. The third-order valence-corrected chi connectivity index (χ3v) is 4.54. The Kier molecular flexibility index (Phi) is 4.05. The summed E-state index contributed by atoms with van der Waals surface area (Å²) in [6.07, 6.45) is 9.10. The number of amides is 1. The number of halogens is 1. The summed E-state index contributed by atoms with van der Waals surface area (Å²) in [7, 11) is 0. The number of H-pyrrole nitrogens is 1. The molecule has 6 nitrogen and oxygen atoms in total. The number of carbonyl (C=O) groups is 1. The van der Waals surface area contributed by atoms with Crippen molar-refractivity contribution in [3.8, 4) is 11.5 Å². The molecule has 1 aliphatic heterocycles. The Labute approximate surface area is 144 Å². The van der Waals surface area contributed by atoms with Gasteiger partial charge < -0.3 is 14.5 Å². The number of benzene rings is 1. The van der Waals surface area contributed by atoms with E-state index in [0.29, 0.717) is 18.7 Å². The number of hydrogen-bond acceptors (Lipinski definition) is 3. The van der Waals surface area contributed by atoms with E-state index in [0.717, 1.165) is 24.4 Å². The second-order valence-corrected chi connectivity index (χ2v) is 6.20. The van der Waals surface area contributed by atoms with Crippen LogP contribution in [0.1, 0.15) is 29.2 Å². The van der Waals surface area contributed by atoms with E-state index >= 15 is 0 Å². The first-order chi connectivity index (χ1) is 12.2. The monoisotopic (exact) mass is 339 g/mol. The molecule has 1 aromatic carbocycles. The molecule has 1 amide bonds. The fraction of sp³-hybridized carbons (Fsp3) is 0.278. The van der Waals surface area contributed by atoms with Crippen LogP contribution in [0.4, 0.5) is 4.39 Å². The summed E-state index contributed by atoms with van der Waals surface area (Å²) in [5, 5.41) is 0.